The highest BCUT2D eigenvalue weighted by Gasteiger charge is 2.37. The zero-order chi connectivity index (χ0) is 14.9. The van der Waals surface area contributed by atoms with Crippen LogP contribution >= 0.6 is 0 Å². The summed E-state index contributed by atoms with van der Waals surface area (Å²) in [5, 5.41) is 11.7. The van der Waals surface area contributed by atoms with Crippen LogP contribution in [0.5, 0.6) is 0 Å². The summed E-state index contributed by atoms with van der Waals surface area (Å²) in [7, 11) is 0. The molecule has 2 atom stereocenters. The van der Waals surface area contributed by atoms with E-state index in [4.69, 9.17) is 5.11 Å². The van der Waals surface area contributed by atoms with E-state index in [0.29, 0.717) is 26.1 Å². The summed E-state index contributed by atoms with van der Waals surface area (Å²) < 4.78 is 0. The number of hydrogen-bond donors (Lipinski definition) is 2. The fourth-order valence-electron chi connectivity index (χ4n) is 2.79. The molecule has 2 N–H and O–H groups in total. The lowest BCUT2D eigenvalue weighted by Crippen LogP contribution is -2.58. The summed E-state index contributed by atoms with van der Waals surface area (Å²) in [6, 6.07) is -1.15. The van der Waals surface area contributed by atoms with Crippen molar-refractivity contribution in [2.24, 2.45) is 5.92 Å². The molecule has 0 spiro atoms. The second-order valence-corrected chi connectivity index (χ2v) is 5.74. The molecule has 0 aromatic heterocycles. The first-order valence-electron chi connectivity index (χ1n) is 6.98. The quantitative estimate of drug-likeness (QED) is 0.769. The van der Waals surface area contributed by atoms with Gasteiger partial charge in [-0.05, 0) is 12.3 Å². The Bertz CT molecular complexity index is 424. The molecule has 2 rings (SSSR count). The number of aliphatic carboxylic acids is 1. The molecule has 0 radical (unpaired) electrons. The van der Waals surface area contributed by atoms with E-state index in [1.54, 1.807) is 18.7 Å². The summed E-state index contributed by atoms with van der Waals surface area (Å²) in [5.41, 5.74) is 0. The number of nitrogens with one attached hydrogen (secondary N) is 1. The molecule has 7 nitrogen and oxygen atoms in total. The fraction of sp³-hybridized carbons (Fsp3) is 0.769. The second kappa shape index (κ2) is 5.68. The zero-order valence-electron chi connectivity index (χ0n) is 11.8. The average Bonchev–Trinajstić information content (AvgIpc) is 2.76. The van der Waals surface area contributed by atoms with Crippen molar-refractivity contribution in [1.29, 1.82) is 0 Å². The molecule has 0 aromatic carbocycles. The third kappa shape index (κ3) is 2.86. The topological polar surface area (TPSA) is 90.0 Å². The van der Waals surface area contributed by atoms with Crippen molar-refractivity contribution in [2.75, 3.05) is 19.6 Å². The highest BCUT2D eigenvalue weighted by Crippen LogP contribution is 2.22. The van der Waals surface area contributed by atoms with Gasteiger partial charge >= 0.3 is 12.0 Å². The van der Waals surface area contributed by atoms with E-state index in [9.17, 15) is 14.4 Å². The van der Waals surface area contributed by atoms with Gasteiger partial charge in [0.1, 0.15) is 6.04 Å². The minimum atomic E-state index is -1.02. The number of carboxylic acids is 1. The van der Waals surface area contributed by atoms with Gasteiger partial charge in [-0.3, -0.25) is 4.79 Å². The number of rotatable bonds is 3. The zero-order valence-corrected chi connectivity index (χ0v) is 11.8. The van der Waals surface area contributed by atoms with Gasteiger partial charge < -0.3 is 20.2 Å². The van der Waals surface area contributed by atoms with Crippen LogP contribution in [0.3, 0.4) is 0 Å². The molecule has 2 heterocycles. The van der Waals surface area contributed by atoms with E-state index in [-0.39, 0.29) is 23.9 Å². The third-order valence-corrected chi connectivity index (χ3v) is 3.99. The molecule has 112 valence electrons. The Morgan fingerprint density at radius 3 is 2.65 bits per heavy atom. The van der Waals surface area contributed by atoms with Gasteiger partial charge in [-0.2, -0.15) is 0 Å². The van der Waals surface area contributed by atoms with Gasteiger partial charge in [0.2, 0.25) is 5.91 Å². The van der Waals surface area contributed by atoms with Crippen molar-refractivity contribution in [3.63, 3.8) is 0 Å². The number of carboxylic acid groups (broad SMARTS) is 1. The van der Waals surface area contributed by atoms with Crippen LogP contribution in [0.15, 0.2) is 0 Å². The number of urea groups is 1. The van der Waals surface area contributed by atoms with E-state index < -0.39 is 12.0 Å². The third-order valence-electron chi connectivity index (χ3n) is 3.99. The molecule has 0 aromatic rings. The first kappa shape index (κ1) is 14.6. The van der Waals surface area contributed by atoms with Crippen LogP contribution in [0.25, 0.3) is 0 Å². The van der Waals surface area contributed by atoms with E-state index in [1.807, 2.05) is 4.90 Å². The molecular weight excluding hydrogens is 262 g/mol. The van der Waals surface area contributed by atoms with Crippen LogP contribution in [0.1, 0.15) is 26.7 Å². The first-order valence-corrected chi connectivity index (χ1v) is 6.98. The maximum Gasteiger partial charge on any atom is 0.326 e. The van der Waals surface area contributed by atoms with E-state index in [1.165, 1.54) is 0 Å². The molecule has 0 bridgehead atoms. The van der Waals surface area contributed by atoms with Crippen molar-refractivity contribution in [2.45, 2.75) is 38.8 Å². The fourth-order valence-corrected chi connectivity index (χ4v) is 2.79. The molecule has 7 heteroatoms. The Morgan fingerprint density at radius 1 is 1.35 bits per heavy atom. The summed E-state index contributed by atoms with van der Waals surface area (Å²) in [5.74, 6) is -1.05. The van der Waals surface area contributed by atoms with Crippen LogP contribution in [0, 0.1) is 5.92 Å². The molecule has 2 fully saturated rings. The van der Waals surface area contributed by atoms with Crippen LogP contribution in [-0.2, 0) is 9.59 Å². The van der Waals surface area contributed by atoms with Gasteiger partial charge in [-0.1, -0.05) is 13.8 Å². The van der Waals surface area contributed by atoms with Crippen molar-refractivity contribution < 1.29 is 19.5 Å². The number of carbonyl (C=O) groups excluding carboxylic acids is 2. The number of piperazine rings is 1. The highest BCUT2D eigenvalue weighted by molar-refractivity contribution is 5.83. The predicted molar refractivity (Wildman–Crippen MR) is 71.1 cm³/mol. The number of fused-ring (bicyclic) bond motifs is 1. The summed E-state index contributed by atoms with van der Waals surface area (Å²) in [6.07, 6.45) is 1.32. The minimum Gasteiger partial charge on any atom is -0.480 e. The normalized spacial score (nSPS) is 23.8. The maximum absolute atomic E-state index is 12.1. The second-order valence-electron chi connectivity index (χ2n) is 5.74. The Hall–Kier alpha value is -1.79. The van der Waals surface area contributed by atoms with E-state index >= 15 is 0 Å². The summed E-state index contributed by atoms with van der Waals surface area (Å²) in [6.45, 7) is 5.00. The van der Waals surface area contributed by atoms with Crippen LogP contribution < -0.4 is 5.32 Å². The number of carbonyl (C=O) groups is 3. The molecule has 20 heavy (non-hydrogen) atoms. The predicted octanol–water partition coefficient (Wildman–Crippen LogP) is 0.112. The summed E-state index contributed by atoms with van der Waals surface area (Å²) in [4.78, 5) is 38.2. The lowest BCUT2D eigenvalue weighted by molar-refractivity contribution is -0.140. The molecule has 2 saturated heterocycles. The molecule has 0 aliphatic carbocycles. The van der Waals surface area contributed by atoms with Gasteiger partial charge in [0.25, 0.3) is 0 Å². The van der Waals surface area contributed by atoms with E-state index in [2.05, 4.69) is 5.32 Å². The van der Waals surface area contributed by atoms with Gasteiger partial charge in [0.15, 0.2) is 0 Å². The van der Waals surface area contributed by atoms with Crippen molar-refractivity contribution in [3.8, 4) is 0 Å². The average molecular weight is 283 g/mol. The maximum atomic E-state index is 12.1. The molecule has 2 aliphatic heterocycles. The van der Waals surface area contributed by atoms with Gasteiger partial charge in [-0.15, -0.1) is 0 Å². The molecule has 0 saturated carbocycles. The molecular formula is C13H21N3O4. The first-order chi connectivity index (χ1) is 9.40. The van der Waals surface area contributed by atoms with Crippen molar-refractivity contribution in [1.82, 2.24) is 15.1 Å². The lowest BCUT2D eigenvalue weighted by atomic mass is 10.1. The SMILES string of the molecule is CC(C)[C@@H](NC(=O)N1CCN2C(=O)CCC2C1)C(=O)O. The Kier molecular flexibility index (Phi) is 4.15. The number of hydrogen-bond acceptors (Lipinski definition) is 3. The van der Waals surface area contributed by atoms with Crippen molar-refractivity contribution in [3.05, 3.63) is 0 Å². The van der Waals surface area contributed by atoms with Gasteiger partial charge in [0.05, 0.1) is 0 Å². The van der Waals surface area contributed by atoms with E-state index in [0.717, 1.165) is 6.42 Å². The number of nitrogens with zero attached hydrogens (tertiary/aromatic N) is 2. The Balaban J connectivity index is 1.94. The largest absolute Gasteiger partial charge is 0.480 e. The van der Waals surface area contributed by atoms with Crippen molar-refractivity contribution >= 4 is 17.9 Å². The number of amides is 3. The Labute approximate surface area is 117 Å². The highest BCUT2D eigenvalue weighted by atomic mass is 16.4. The van der Waals surface area contributed by atoms with Crippen LogP contribution in [0.4, 0.5) is 4.79 Å². The molecule has 2 aliphatic rings. The standard InChI is InChI=1S/C13H21N3O4/c1-8(2)11(12(18)19)14-13(20)15-5-6-16-9(7-15)3-4-10(16)17/h8-9,11H,3-7H2,1-2H3,(H,14,20)(H,18,19)/t9?,11-/m1/s1. The van der Waals surface area contributed by atoms with Gasteiger partial charge in [-0.25, -0.2) is 9.59 Å². The van der Waals surface area contributed by atoms with Gasteiger partial charge in [0, 0.05) is 32.1 Å². The monoisotopic (exact) mass is 283 g/mol. The smallest absolute Gasteiger partial charge is 0.326 e. The van der Waals surface area contributed by atoms with Crippen LogP contribution in [0.2, 0.25) is 0 Å². The summed E-state index contributed by atoms with van der Waals surface area (Å²) >= 11 is 0. The van der Waals surface area contributed by atoms with Crippen LogP contribution in [-0.4, -0.2) is 64.5 Å². The Morgan fingerprint density at radius 2 is 2.05 bits per heavy atom. The lowest BCUT2D eigenvalue weighted by Gasteiger charge is -2.38. The molecule has 3 amide bonds. The molecule has 1 unspecified atom stereocenters. The minimum absolute atomic E-state index is 0.0873.